The fraction of sp³-hybridized carbons (Fsp3) is 0.190. The van der Waals surface area contributed by atoms with Gasteiger partial charge in [0.2, 0.25) is 0 Å². The van der Waals surface area contributed by atoms with E-state index in [1.54, 1.807) is 51.5 Å². The van der Waals surface area contributed by atoms with Gasteiger partial charge in [0.15, 0.2) is 11.5 Å². The molecule has 7 nitrogen and oxygen atoms in total. The van der Waals surface area contributed by atoms with Crippen molar-refractivity contribution in [2.75, 3.05) is 26.1 Å². The molecule has 0 fully saturated rings. The molecule has 0 atom stereocenters. The van der Waals surface area contributed by atoms with Crippen LogP contribution in [-0.4, -0.2) is 37.7 Å². The van der Waals surface area contributed by atoms with Crippen molar-refractivity contribution in [1.82, 2.24) is 4.98 Å². The summed E-state index contributed by atoms with van der Waals surface area (Å²) in [6, 6.07) is 12.2. The van der Waals surface area contributed by atoms with Gasteiger partial charge < -0.3 is 19.5 Å². The summed E-state index contributed by atoms with van der Waals surface area (Å²) in [5.41, 5.74) is 1.44. The topological polar surface area (TPSA) is 86.8 Å². The van der Waals surface area contributed by atoms with Gasteiger partial charge in [-0.1, -0.05) is 6.07 Å². The van der Waals surface area contributed by atoms with Gasteiger partial charge in [-0.25, -0.2) is 4.79 Å². The normalized spacial score (nSPS) is 10.3. The maximum Gasteiger partial charge on any atom is 0.350 e. The first kappa shape index (κ1) is 20.3. The summed E-state index contributed by atoms with van der Waals surface area (Å²) in [5.74, 6) is 0.255. The number of aromatic nitrogens is 1. The second kappa shape index (κ2) is 9.20. The van der Waals surface area contributed by atoms with Crippen LogP contribution < -0.4 is 14.8 Å². The molecule has 2 heterocycles. The van der Waals surface area contributed by atoms with Gasteiger partial charge in [0.1, 0.15) is 10.6 Å². The van der Waals surface area contributed by atoms with E-state index in [9.17, 15) is 9.59 Å². The van der Waals surface area contributed by atoms with Gasteiger partial charge in [0.05, 0.1) is 26.5 Å². The third-order valence-corrected chi connectivity index (χ3v) is 5.17. The third-order valence-electron chi connectivity index (χ3n) is 4.01. The largest absolute Gasteiger partial charge is 0.493 e. The minimum atomic E-state index is -0.499. The van der Waals surface area contributed by atoms with Gasteiger partial charge in [-0.3, -0.25) is 9.78 Å². The number of nitrogens with zero attached hydrogens (tertiary/aromatic N) is 1. The molecule has 29 heavy (non-hydrogen) atoms. The molecule has 0 radical (unpaired) electrons. The van der Waals surface area contributed by atoms with E-state index >= 15 is 0 Å². The Hall–Kier alpha value is -3.39. The zero-order valence-electron chi connectivity index (χ0n) is 16.2. The lowest BCUT2D eigenvalue weighted by atomic mass is 10.1. The van der Waals surface area contributed by atoms with Crippen molar-refractivity contribution in [3.63, 3.8) is 0 Å². The highest BCUT2D eigenvalue weighted by Gasteiger charge is 2.21. The Morgan fingerprint density at radius 2 is 1.86 bits per heavy atom. The molecule has 0 saturated carbocycles. The van der Waals surface area contributed by atoms with E-state index in [1.165, 1.54) is 17.5 Å². The van der Waals surface area contributed by atoms with Gasteiger partial charge in [-0.05, 0) is 48.9 Å². The number of nitrogens with one attached hydrogen (secondary N) is 1. The van der Waals surface area contributed by atoms with Gasteiger partial charge in [-0.15, -0.1) is 11.3 Å². The Bertz CT molecular complexity index is 1020. The van der Waals surface area contributed by atoms with Crippen molar-refractivity contribution < 1.29 is 23.8 Å². The lowest BCUT2D eigenvalue weighted by molar-refractivity contribution is 0.0533. The minimum Gasteiger partial charge on any atom is -0.493 e. The lowest BCUT2D eigenvalue weighted by Gasteiger charge is -2.08. The average Bonchev–Trinajstić information content (AvgIpc) is 3.17. The number of pyridine rings is 1. The highest BCUT2D eigenvalue weighted by molar-refractivity contribution is 7.18. The summed E-state index contributed by atoms with van der Waals surface area (Å²) < 4.78 is 15.8. The molecule has 1 aromatic carbocycles. The molecule has 3 aromatic rings. The fourth-order valence-electron chi connectivity index (χ4n) is 2.65. The highest BCUT2D eigenvalue weighted by atomic mass is 32.1. The van der Waals surface area contributed by atoms with E-state index in [0.717, 1.165) is 10.4 Å². The van der Waals surface area contributed by atoms with Crippen molar-refractivity contribution in [3.8, 4) is 21.9 Å². The van der Waals surface area contributed by atoms with Crippen LogP contribution in [-0.2, 0) is 4.74 Å². The zero-order valence-corrected chi connectivity index (χ0v) is 17.0. The molecule has 2 aromatic heterocycles. The summed E-state index contributed by atoms with van der Waals surface area (Å²) in [6.07, 6.45) is 1.53. The van der Waals surface area contributed by atoms with Crippen molar-refractivity contribution >= 4 is 28.9 Å². The van der Waals surface area contributed by atoms with E-state index < -0.39 is 11.9 Å². The number of rotatable bonds is 7. The first-order chi connectivity index (χ1) is 14.1. The summed E-state index contributed by atoms with van der Waals surface area (Å²) in [6.45, 7) is 1.96. The van der Waals surface area contributed by atoms with Crippen LogP contribution in [0.25, 0.3) is 10.4 Å². The van der Waals surface area contributed by atoms with Crippen LogP contribution in [0, 0.1) is 0 Å². The quantitative estimate of drug-likeness (QED) is 0.584. The van der Waals surface area contributed by atoms with Gasteiger partial charge in [-0.2, -0.15) is 0 Å². The molecular weight excluding hydrogens is 392 g/mol. The number of hydrogen-bond donors (Lipinski definition) is 1. The van der Waals surface area contributed by atoms with E-state index in [2.05, 4.69) is 10.3 Å². The Kier molecular flexibility index (Phi) is 6.46. The second-order valence-corrected chi connectivity index (χ2v) is 6.86. The number of methoxy groups -OCH3 is 2. The van der Waals surface area contributed by atoms with Crippen LogP contribution >= 0.6 is 11.3 Å². The van der Waals surface area contributed by atoms with Gasteiger partial charge in [0, 0.05) is 11.1 Å². The first-order valence-corrected chi connectivity index (χ1v) is 9.64. The summed E-state index contributed by atoms with van der Waals surface area (Å²) in [7, 11) is 3.12. The number of benzene rings is 1. The second-order valence-electron chi connectivity index (χ2n) is 5.81. The molecule has 8 heteroatoms. The van der Waals surface area contributed by atoms with Crippen LogP contribution in [0.2, 0.25) is 0 Å². The molecule has 0 bridgehead atoms. The highest BCUT2D eigenvalue weighted by Crippen LogP contribution is 2.39. The van der Waals surface area contributed by atoms with Crippen molar-refractivity contribution in [2.24, 2.45) is 0 Å². The number of carbonyl (C=O) groups is 2. The average molecular weight is 412 g/mol. The van der Waals surface area contributed by atoms with E-state index in [4.69, 9.17) is 14.2 Å². The molecule has 150 valence electrons. The van der Waals surface area contributed by atoms with Crippen LogP contribution in [0.1, 0.15) is 27.1 Å². The number of esters is 1. The lowest BCUT2D eigenvalue weighted by Crippen LogP contribution is -2.15. The van der Waals surface area contributed by atoms with Gasteiger partial charge in [0.25, 0.3) is 5.91 Å². The molecule has 0 aliphatic rings. The van der Waals surface area contributed by atoms with Crippen molar-refractivity contribution in [2.45, 2.75) is 6.92 Å². The van der Waals surface area contributed by atoms with Crippen molar-refractivity contribution in [1.29, 1.82) is 0 Å². The predicted octanol–water partition coefficient (Wildman–Crippen LogP) is 4.26. The van der Waals surface area contributed by atoms with Crippen LogP contribution in [0.15, 0.2) is 48.7 Å². The maximum atomic E-state index is 12.5. The Morgan fingerprint density at radius 3 is 2.52 bits per heavy atom. The predicted molar refractivity (Wildman–Crippen MR) is 111 cm³/mol. The molecular formula is C21H20N2O5S. The molecule has 0 unspecified atom stereocenters. The maximum absolute atomic E-state index is 12.5. The summed E-state index contributed by atoms with van der Waals surface area (Å²) in [5, 5.41) is 2.76. The SMILES string of the molecule is CCOC(=O)c1sc(-c2ccc(OC)c(OC)c2)cc1NC(=O)c1ccccn1. The number of ether oxygens (including phenoxy) is 3. The molecule has 0 spiro atoms. The molecule has 1 N–H and O–H groups in total. The smallest absolute Gasteiger partial charge is 0.350 e. The number of carbonyl (C=O) groups excluding carboxylic acids is 2. The summed E-state index contributed by atoms with van der Waals surface area (Å²) >= 11 is 1.22. The number of amides is 1. The summed E-state index contributed by atoms with van der Waals surface area (Å²) in [4.78, 5) is 30.1. The molecule has 1 amide bonds. The van der Waals surface area contributed by atoms with E-state index in [0.29, 0.717) is 22.1 Å². The van der Waals surface area contributed by atoms with Crippen LogP contribution in [0.5, 0.6) is 11.5 Å². The molecule has 0 aliphatic heterocycles. The minimum absolute atomic E-state index is 0.232. The molecule has 0 saturated heterocycles. The number of thiophene rings is 1. The molecule has 3 rings (SSSR count). The molecule has 0 aliphatic carbocycles. The van der Waals surface area contributed by atoms with Crippen molar-refractivity contribution in [3.05, 3.63) is 59.2 Å². The Labute approximate surface area is 172 Å². The number of hydrogen-bond acceptors (Lipinski definition) is 7. The Morgan fingerprint density at radius 1 is 1.07 bits per heavy atom. The monoisotopic (exact) mass is 412 g/mol. The standard InChI is InChI=1S/C21H20N2O5S/c1-4-28-21(25)19-15(23-20(24)14-7-5-6-10-22-14)12-18(29-19)13-8-9-16(26-2)17(11-13)27-3/h5-12H,4H2,1-3H3,(H,23,24). The fourth-order valence-corrected chi connectivity index (χ4v) is 3.65. The van der Waals surface area contributed by atoms with E-state index in [-0.39, 0.29) is 12.3 Å². The first-order valence-electron chi connectivity index (χ1n) is 8.83. The van der Waals surface area contributed by atoms with Gasteiger partial charge >= 0.3 is 5.97 Å². The van der Waals surface area contributed by atoms with E-state index in [1.807, 2.05) is 12.1 Å². The zero-order chi connectivity index (χ0) is 20.8. The Balaban J connectivity index is 1.99. The third kappa shape index (κ3) is 4.55. The van der Waals surface area contributed by atoms with Crippen LogP contribution in [0.4, 0.5) is 5.69 Å². The number of anilines is 1. The van der Waals surface area contributed by atoms with Crippen LogP contribution in [0.3, 0.4) is 0 Å².